The number of esters is 4. The van der Waals surface area contributed by atoms with Crippen LogP contribution in [0.2, 0.25) is 0 Å². The molecule has 62 heavy (non-hydrogen) atoms. The Kier molecular flexibility index (Phi) is 43.4. The SMILES string of the molecule is CC.CC.CC1(C)OC(=O)CC(=O)O1.COCC(=O)CC(=O)NCc1ccccc1.COCC(=O)O.COCC(O)=C1C(=O)OC(C)(C)OC1=O.NCc1ccccc1.[BH4-].[CH3-].[CH3-].[H-]. The van der Waals surface area contributed by atoms with Gasteiger partial charge in [0.1, 0.15) is 32.0 Å². The van der Waals surface area contributed by atoms with E-state index >= 15 is 0 Å². The van der Waals surface area contributed by atoms with Gasteiger partial charge in [0.05, 0.1) is 6.42 Å². The van der Waals surface area contributed by atoms with Crippen LogP contribution >= 0.6 is 0 Å². The van der Waals surface area contributed by atoms with Crippen LogP contribution in [0.15, 0.2) is 72.0 Å². The molecule has 2 aromatic carbocycles. The molecule has 18 nitrogen and oxygen atoms in total. The van der Waals surface area contributed by atoms with Gasteiger partial charge in [-0.15, -0.1) is 0 Å². The molecule has 0 aromatic heterocycles. The van der Waals surface area contributed by atoms with Crippen LogP contribution in [-0.2, 0) is 79.8 Å². The van der Waals surface area contributed by atoms with Gasteiger partial charge < -0.3 is 70.7 Å². The maximum atomic E-state index is 11.3. The molecule has 358 valence electrons. The van der Waals surface area contributed by atoms with Gasteiger partial charge in [-0.05, 0) is 11.1 Å². The monoisotopic (exact) mass is 885 g/mol. The summed E-state index contributed by atoms with van der Waals surface area (Å²) in [5.41, 5.74) is 7.03. The van der Waals surface area contributed by atoms with Crippen molar-refractivity contribution in [3.05, 3.63) is 98.0 Å². The average Bonchev–Trinajstić information content (AvgIpc) is 3.16. The predicted octanol–water partition coefficient (Wildman–Crippen LogP) is 3.88. The van der Waals surface area contributed by atoms with Crippen LogP contribution in [0.5, 0.6) is 0 Å². The van der Waals surface area contributed by atoms with Crippen LogP contribution in [0.3, 0.4) is 0 Å². The zero-order valence-electron chi connectivity index (χ0n) is 38.9. The molecule has 0 bridgehead atoms. The second kappa shape index (κ2) is 39.5. The maximum absolute atomic E-state index is 11.3. The number of nitrogens with one attached hydrogen (secondary N) is 1. The molecule has 2 saturated heterocycles. The highest BCUT2D eigenvalue weighted by atomic mass is 16.7. The standard InChI is InChI=1S/C12H15NO3.C9H12O6.C7H9N.C6H8O4.C3H6O3.2C2H6.2CH3.BH4.H/c1-16-9-11(14)7-12(15)13-8-10-5-3-2-4-6-10;1-9(2)14-7(11)6(8(12)15-9)5(10)4-13-3;8-6-7-4-2-1-3-5-7;1-6(2)9-4(7)3-5(8)10-6;1-6-2-3(4)5;2*1-2;;;;/h2-6H,7-9H2,1H3,(H,13,15);10H,4H2,1-3H3;1-5H,6,8H2;3H2,1-2H3;2H2,1H3,(H,4,5);2*1-2H3;2*1H3;1H4;/q;;;;;;;4*-1. The number of aliphatic hydroxyl groups is 1. The third kappa shape index (κ3) is 35.2. The van der Waals surface area contributed by atoms with E-state index < -0.39 is 52.8 Å². The number of rotatable bonds is 11. The van der Waals surface area contributed by atoms with E-state index in [1.807, 2.05) is 88.4 Å². The molecule has 0 spiro atoms. The Morgan fingerprint density at radius 2 is 1.06 bits per heavy atom. The van der Waals surface area contributed by atoms with Crippen molar-refractivity contribution >= 4 is 49.9 Å². The number of Topliss-reactive ketones (excluding diaryl/α,β-unsaturated/α-hetero) is 1. The highest BCUT2D eigenvalue weighted by molar-refractivity contribution is 6.15. The van der Waals surface area contributed by atoms with Gasteiger partial charge >= 0.3 is 29.8 Å². The summed E-state index contributed by atoms with van der Waals surface area (Å²) in [4.78, 5) is 75.7. The van der Waals surface area contributed by atoms with Gasteiger partial charge in [0.25, 0.3) is 11.6 Å². The number of ether oxygens (including phenoxy) is 7. The van der Waals surface area contributed by atoms with Crippen molar-refractivity contribution < 1.29 is 78.4 Å². The number of carboxylic acids is 1. The van der Waals surface area contributed by atoms with Crippen molar-refractivity contribution in [1.29, 1.82) is 0 Å². The topological polar surface area (TPSA) is 263 Å². The Hall–Kier alpha value is -5.63. The lowest BCUT2D eigenvalue weighted by molar-refractivity contribution is -0.231. The fourth-order valence-corrected chi connectivity index (χ4v) is 3.84. The summed E-state index contributed by atoms with van der Waals surface area (Å²) in [5.74, 6) is -7.17. The van der Waals surface area contributed by atoms with Crippen molar-refractivity contribution in [2.45, 2.75) is 92.9 Å². The molecule has 1 amide bonds. The molecule has 2 aliphatic rings. The van der Waals surface area contributed by atoms with Gasteiger partial charge in [-0.1, -0.05) is 96.8 Å². The minimum absolute atomic E-state index is 0. The molecule has 0 aliphatic carbocycles. The number of ketones is 1. The Bertz CT molecular complexity index is 1550. The van der Waals surface area contributed by atoms with Crippen LogP contribution < -0.4 is 11.1 Å². The van der Waals surface area contributed by atoms with E-state index in [-0.39, 0.29) is 69.0 Å². The average molecular weight is 885 g/mol. The summed E-state index contributed by atoms with van der Waals surface area (Å²) in [5, 5.41) is 19.8. The Balaban J connectivity index is -0.000000124. The molecule has 0 atom stereocenters. The third-order valence-corrected chi connectivity index (χ3v) is 6.00. The summed E-state index contributed by atoms with van der Waals surface area (Å²) in [6.07, 6.45) is -0.399. The van der Waals surface area contributed by atoms with Gasteiger partial charge in [-0.25, -0.2) is 14.4 Å². The molecule has 2 heterocycles. The number of benzene rings is 2. The van der Waals surface area contributed by atoms with E-state index in [0.29, 0.717) is 13.1 Å². The Morgan fingerprint density at radius 3 is 1.39 bits per heavy atom. The van der Waals surface area contributed by atoms with Crippen LogP contribution in [0, 0.1) is 14.9 Å². The number of carboxylic acid groups (broad SMARTS) is 1. The van der Waals surface area contributed by atoms with Gasteiger partial charge in [0, 0.05) is 62.1 Å². The molecular weight excluding hydrogens is 811 g/mol. The van der Waals surface area contributed by atoms with E-state index in [0.717, 1.165) is 5.56 Å². The summed E-state index contributed by atoms with van der Waals surface area (Å²) < 4.78 is 32.3. The second-order valence-corrected chi connectivity index (χ2v) is 11.9. The lowest BCUT2D eigenvalue weighted by Crippen LogP contribution is -2.42. The molecule has 5 N–H and O–H groups in total. The first kappa shape index (κ1) is 68.1. The van der Waals surface area contributed by atoms with Crippen molar-refractivity contribution in [3.8, 4) is 0 Å². The molecule has 2 aromatic rings. The normalized spacial score (nSPS) is 13.2. The van der Waals surface area contributed by atoms with Crippen LogP contribution in [-0.4, -0.2) is 113 Å². The van der Waals surface area contributed by atoms with Gasteiger partial charge in [-0.3, -0.25) is 19.2 Å². The minimum Gasteiger partial charge on any atom is -1.00 e. The van der Waals surface area contributed by atoms with Crippen LogP contribution in [0.4, 0.5) is 0 Å². The van der Waals surface area contributed by atoms with E-state index in [2.05, 4.69) is 29.0 Å². The first-order valence-electron chi connectivity index (χ1n) is 18.4. The number of aliphatic carboxylic acids is 1. The quantitative estimate of drug-likeness (QED) is 0.0475. The number of amides is 1. The number of cyclic esters (lactones) is 4. The summed E-state index contributed by atoms with van der Waals surface area (Å²) in [6, 6.07) is 19.5. The minimum atomic E-state index is -1.30. The summed E-state index contributed by atoms with van der Waals surface area (Å²) in [7, 11) is 4.09. The largest absolute Gasteiger partial charge is 1.00 e. The van der Waals surface area contributed by atoms with Crippen molar-refractivity contribution in [2.24, 2.45) is 5.73 Å². The zero-order valence-corrected chi connectivity index (χ0v) is 37.9. The molecule has 4 rings (SSSR count). The number of nitrogens with two attached hydrogens (primary N) is 1. The summed E-state index contributed by atoms with van der Waals surface area (Å²) >= 11 is 0. The number of methoxy groups -OCH3 is 3. The molecule has 2 aliphatic heterocycles. The van der Waals surface area contributed by atoms with Crippen LogP contribution in [0.25, 0.3) is 0 Å². The third-order valence-electron chi connectivity index (χ3n) is 6.00. The Labute approximate surface area is 370 Å². The lowest BCUT2D eigenvalue weighted by Gasteiger charge is -2.29. The smallest absolute Gasteiger partial charge is 0.352 e. The molecule has 19 heteroatoms. The first-order valence-corrected chi connectivity index (χ1v) is 18.4. The van der Waals surface area contributed by atoms with Gasteiger partial charge in [-0.2, -0.15) is 0 Å². The lowest BCUT2D eigenvalue weighted by atomic mass is 10.2. The van der Waals surface area contributed by atoms with Gasteiger partial charge in [0.15, 0.2) is 11.4 Å². The highest BCUT2D eigenvalue weighted by Gasteiger charge is 2.41. The predicted molar refractivity (Wildman–Crippen MR) is 240 cm³/mol. The fourth-order valence-electron chi connectivity index (χ4n) is 3.84. The number of hydrogen-bond donors (Lipinski definition) is 4. The van der Waals surface area contributed by atoms with E-state index in [4.69, 9.17) is 20.3 Å². The van der Waals surface area contributed by atoms with E-state index in [1.165, 1.54) is 54.6 Å². The molecular formula is C43H73BN2O16-4. The number of aliphatic hydroxyl groups excluding tert-OH is 1. The fraction of sp³-hybridized carbons (Fsp3) is 0.465. The van der Waals surface area contributed by atoms with E-state index in [1.54, 1.807) is 0 Å². The van der Waals surface area contributed by atoms with Crippen LogP contribution in [0.1, 0.15) is 80.8 Å². The van der Waals surface area contributed by atoms with Crippen molar-refractivity contribution in [2.75, 3.05) is 41.2 Å². The summed E-state index contributed by atoms with van der Waals surface area (Å²) in [6.45, 7) is 14.5. The maximum Gasteiger partial charge on any atom is 0.352 e. The number of carbonyl (C=O) groups excluding carboxylic acids is 6. The zero-order chi connectivity index (χ0) is 46.0. The molecule has 0 radical (unpaired) electrons. The number of hydrogen-bond acceptors (Lipinski definition) is 16. The molecule has 0 saturated carbocycles. The van der Waals surface area contributed by atoms with Crippen molar-refractivity contribution in [3.63, 3.8) is 0 Å². The van der Waals surface area contributed by atoms with Gasteiger partial charge in [0.2, 0.25) is 5.91 Å². The van der Waals surface area contributed by atoms with Crippen molar-refractivity contribution in [1.82, 2.24) is 5.32 Å². The Morgan fingerprint density at radius 1 is 0.677 bits per heavy atom. The number of carbonyl (C=O) groups is 7. The second-order valence-electron chi connectivity index (χ2n) is 11.9. The molecule has 0 unspecified atom stereocenters. The highest BCUT2D eigenvalue weighted by Crippen LogP contribution is 2.24. The van der Waals surface area contributed by atoms with E-state index in [9.17, 15) is 38.7 Å². The molecule has 2 fully saturated rings. The first-order chi connectivity index (χ1) is 27.8.